The molecule has 2 rings (SSSR count). The van der Waals surface area contributed by atoms with Gasteiger partial charge >= 0.3 is 0 Å². The first kappa shape index (κ1) is 22.0. The Morgan fingerprint density at radius 2 is 1.71 bits per heavy atom. The van der Waals surface area contributed by atoms with Crippen LogP contribution in [0.2, 0.25) is 5.02 Å². The van der Waals surface area contributed by atoms with Crippen LogP contribution in [0.1, 0.15) is 44.4 Å². The highest BCUT2D eigenvalue weighted by atomic mass is 35.5. The fraction of sp³-hybridized carbons (Fsp3) is 0.391. The molecule has 0 fully saturated rings. The predicted molar refractivity (Wildman–Crippen MR) is 114 cm³/mol. The SMILES string of the molecule is Cc1ccc(CC(=O)N(Cc2cccc(Cl)c2)[C@H](C)C(=O)NC(C)(C)C)cc1. The molecule has 0 unspecified atom stereocenters. The molecule has 2 aromatic rings. The molecule has 2 aromatic carbocycles. The van der Waals surface area contributed by atoms with Crippen molar-refractivity contribution in [3.05, 3.63) is 70.2 Å². The first-order chi connectivity index (χ1) is 13.0. The van der Waals surface area contributed by atoms with Gasteiger partial charge in [-0.1, -0.05) is 53.6 Å². The van der Waals surface area contributed by atoms with Crippen molar-refractivity contribution in [3.8, 4) is 0 Å². The molecule has 0 radical (unpaired) electrons. The average Bonchev–Trinajstić information content (AvgIpc) is 2.59. The van der Waals surface area contributed by atoms with Gasteiger partial charge in [0.2, 0.25) is 11.8 Å². The summed E-state index contributed by atoms with van der Waals surface area (Å²) in [7, 11) is 0. The van der Waals surface area contributed by atoms with Crippen LogP contribution in [0.5, 0.6) is 0 Å². The molecule has 28 heavy (non-hydrogen) atoms. The molecule has 0 aliphatic carbocycles. The number of hydrogen-bond donors (Lipinski definition) is 1. The van der Waals surface area contributed by atoms with E-state index in [-0.39, 0.29) is 23.8 Å². The van der Waals surface area contributed by atoms with Crippen molar-refractivity contribution in [1.29, 1.82) is 0 Å². The van der Waals surface area contributed by atoms with Crippen LogP contribution in [0, 0.1) is 6.92 Å². The molecule has 4 nitrogen and oxygen atoms in total. The summed E-state index contributed by atoms with van der Waals surface area (Å²) in [5.41, 5.74) is 2.59. The van der Waals surface area contributed by atoms with Crippen LogP contribution in [0.25, 0.3) is 0 Å². The van der Waals surface area contributed by atoms with Crippen molar-refractivity contribution >= 4 is 23.4 Å². The van der Waals surface area contributed by atoms with E-state index in [1.807, 2.05) is 70.2 Å². The van der Waals surface area contributed by atoms with E-state index in [9.17, 15) is 9.59 Å². The fourth-order valence-corrected chi connectivity index (χ4v) is 3.08. The summed E-state index contributed by atoms with van der Waals surface area (Å²) in [4.78, 5) is 27.5. The van der Waals surface area contributed by atoms with Gasteiger partial charge in [-0.05, 0) is 57.9 Å². The molecule has 0 aliphatic rings. The first-order valence-electron chi connectivity index (χ1n) is 9.46. The van der Waals surface area contributed by atoms with Gasteiger partial charge in [0.05, 0.1) is 6.42 Å². The van der Waals surface area contributed by atoms with E-state index in [0.717, 1.165) is 16.7 Å². The fourth-order valence-electron chi connectivity index (χ4n) is 2.87. The Labute approximate surface area is 172 Å². The van der Waals surface area contributed by atoms with E-state index in [0.29, 0.717) is 11.6 Å². The molecule has 150 valence electrons. The van der Waals surface area contributed by atoms with E-state index in [4.69, 9.17) is 11.6 Å². The molecule has 0 aliphatic heterocycles. The number of carbonyl (C=O) groups excluding carboxylic acids is 2. The van der Waals surface area contributed by atoms with Crippen LogP contribution in [0.3, 0.4) is 0 Å². The third kappa shape index (κ3) is 6.68. The normalized spacial score (nSPS) is 12.4. The number of carbonyl (C=O) groups is 2. The maximum absolute atomic E-state index is 13.1. The van der Waals surface area contributed by atoms with Crippen molar-refractivity contribution in [2.75, 3.05) is 0 Å². The van der Waals surface area contributed by atoms with Crippen molar-refractivity contribution < 1.29 is 9.59 Å². The van der Waals surface area contributed by atoms with E-state index >= 15 is 0 Å². The van der Waals surface area contributed by atoms with Crippen LogP contribution >= 0.6 is 11.6 Å². The number of amides is 2. The number of benzene rings is 2. The molecule has 0 saturated heterocycles. The summed E-state index contributed by atoms with van der Waals surface area (Å²) >= 11 is 6.10. The highest BCUT2D eigenvalue weighted by molar-refractivity contribution is 6.30. The summed E-state index contributed by atoms with van der Waals surface area (Å²) in [6.07, 6.45) is 0.244. The zero-order valence-electron chi connectivity index (χ0n) is 17.3. The predicted octanol–water partition coefficient (Wildman–Crippen LogP) is 4.52. The maximum atomic E-state index is 13.1. The third-order valence-electron chi connectivity index (χ3n) is 4.38. The Morgan fingerprint density at radius 1 is 1.07 bits per heavy atom. The Hall–Kier alpha value is -2.33. The number of nitrogens with one attached hydrogen (secondary N) is 1. The van der Waals surface area contributed by atoms with Crippen molar-refractivity contribution in [1.82, 2.24) is 10.2 Å². The number of hydrogen-bond acceptors (Lipinski definition) is 2. The van der Waals surface area contributed by atoms with E-state index in [1.54, 1.807) is 17.9 Å². The zero-order chi connectivity index (χ0) is 20.9. The standard InChI is InChI=1S/C23H29ClN2O2/c1-16-9-11-18(12-10-16)14-21(27)26(15-19-7-6-8-20(24)13-19)17(2)22(28)25-23(3,4)5/h6-13,17H,14-15H2,1-5H3,(H,25,28)/t17-/m1/s1. The van der Waals surface area contributed by atoms with Gasteiger partial charge in [-0.2, -0.15) is 0 Å². The van der Waals surface area contributed by atoms with Gasteiger partial charge < -0.3 is 10.2 Å². The van der Waals surface area contributed by atoms with Gasteiger partial charge in [0.25, 0.3) is 0 Å². The second-order valence-electron chi connectivity index (χ2n) is 8.23. The lowest BCUT2D eigenvalue weighted by Gasteiger charge is -2.31. The molecule has 0 saturated carbocycles. The summed E-state index contributed by atoms with van der Waals surface area (Å²) in [5, 5.41) is 3.57. The molecule has 0 spiro atoms. The topological polar surface area (TPSA) is 49.4 Å². The third-order valence-corrected chi connectivity index (χ3v) is 4.62. The lowest BCUT2D eigenvalue weighted by atomic mass is 10.1. The lowest BCUT2D eigenvalue weighted by Crippen LogP contribution is -2.52. The molecule has 1 N–H and O–H groups in total. The van der Waals surface area contributed by atoms with Crippen LogP contribution in [-0.2, 0) is 22.6 Å². The molecule has 2 amide bonds. The van der Waals surface area contributed by atoms with Gasteiger partial charge in [-0.25, -0.2) is 0 Å². The van der Waals surface area contributed by atoms with Gasteiger partial charge in [-0.3, -0.25) is 9.59 Å². The smallest absolute Gasteiger partial charge is 0.242 e. The largest absolute Gasteiger partial charge is 0.350 e. The van der Waals surface area contributed by atoms with Crippen LogP contribution in [0.4, 0.5) is 0 Å². The zero-order valence-corrected chi connectivity index (χ0v) is 18.0. The Bertz CT molecular complexity index is 825. The minimum atomic E-state index is -0.601. The second-order valence-corrected chi connectivity index (χ2v) is 8.67. The van der Waals surface area contributed by atoms with Crippen molar-refractivity contribution in [3.63, 3.8) is 0 Å². The maximum Gasteiger partial charge on any atom is 0.242 e. The quantitative estimate of drug-likeness (QED) is 0.774. The molecular weight excluding hydrogens is 372 g/mol. The molecular formula is C23H29ClN2O2. The summed E-state index contributed by atoms with van der Waals surface area (Å²) in [6.45, 7) is 9.87. The van der Waals surface area contributed by atoms with Crippen LogP contribution < -0.4 is 5.32 Å². The molecule has 0 heterocycles. The lowest BCUT2D eigenvalue weighted by molar-refractivity contribution is -0.140. The molecule has 1 atom stereocenters. The number of aryl methyl sites for hydroxylation is 1. The van der Waals surface area contributed by atoms with Crippen molar-refractivity contribution in [2.45, 2.75) is 59.2 Å². The van der Waals surface area contributed by atoms with E-state index in [2.05, 4.69) is 5.32 Å². The van der Waals surface area contributed by atoms with Crippen molar-refractivity contribution in [2.24, 2.45) is 0 Å². The van der Waals surface area contributed by atoms with Gasteiger partial charge in [0, 0.05) is 17.1 Å². The summed E-state index contributed by atoms with van der Waals surface area (Å²) in [5.74, 6) is -0.271. The van der Waals surface area contributed by atoms with Gasteiger partial charge in [0.15, 0.2) is 0 Å². The molecule has 0 aromatic heterocycles. The minimum absolute atomic E-state index is 0.0969. The highest BCUT2D eigenvalue weighted by Gasteiger charge is 2.28. The number of halogens is 1. The minimum Gasteiger partial charge on any atom is -0.350 e. The Morgan fingerprint density at radius 3 is 2.29 bits per heavy atom. The Kier molecular flexibility index (Phi) is 7.25. The van der Waals surface area contributed by atoms with Crippen LogP contribution in [-0.4, -0.2) is 28.3 Å². The molecule has 5 heteroatoms. The average molecular weight is 401 g/mol. The van der Waals surface area contributed by atoms with Crippen LogP contribution in [0.15, 0.2) is 48.5 Å². The van der Waals surface area contributed by atoms with E-state index in [1.165, 1.54) is 0 Å². The van der Waals surface area contributed by atoms with E-state index < -0.39 is 6.04 Å². The first-order valence-corrected chi connectivity index (χ1v) is 9.84. The summed E-state index contributed by atoms with van der Waals surface area (Å²) < 4.78 is 0. The number of nitrogens with zero attached hydrogens (tertiary/aromatic N) is 1. The monoisotopic (exact) mass is 400 g/mol. The van der Waals surface area contributed by atoms with Gasteiger partial charge in [0.1, 0.15) is 6.04 Å². The Balaban J connectivity index is 2.24. The number of rotatable bonds is 6. The second kappa shape index (κ2) is 9.24. The summed E-state index contributed by atoms with van der Waals surface area (Å²) in [6, 6.07) is 14.6. The highest BCUT2D eigenvalue weighted by Crippen LogP contribution is 2.17. The molecule has 0 bridgehead atoms. The van der Waals surface area contributed by atoms with Gasteiger partial charge in [-0.15, -0.1) is 0 Å².